The molecular formula is C16H15ClF3N3O3S. The molecule has 0 aromatic carbocycles. The van der Waals surface area contributed by atoms with Gasteiger partial charge in [-0.2, -0.15) is 17.5 Å². The van der Waals surface area contributed by atoms with Gasteiger partial charge in [-0.1, -0.05) is 11.6 Å². The molecule has 146 valence electrons. The first-order valence-electron chi connectivity index (χ1n) is 7.98. The Labute approximate surface area is 159 Å². The molecule has 0 N–H and O–H groups in total. The van der Waals surface area contributed by atoms with Crippen LogP contribution in [0.2, 0.25) is 5.02 Å². The number of aromatic nitrogens is 2. The summed E-state index contributed by atoms with van der Waals surface area (Å²) in [6.07, 6.45) is -1.97. The summed E-state index contributed by atoms with van der Waals surface area (Å²) in [5.74, 6) is 0.394. The van der Waals surface area contributed by atoms with Crippen LogP contribution >= 0.6 is 11.6 Å². The van der Waals surface area contributed by atoms with Gasteiger partial charge in [-0.25, -0.2) is 18.4 Å². The van der Waals surface area contributed by atoms with Crippen LogP contribution in [0.15, 0.2) is 41.7 Å². The van der Waals surface area contributed by atoms with Crippen molar-refractivity contribution in [2.24, 2.45) is 0 Å². The predicted molar refractivity (Wildman–Crippen MR) is 90.9 cm³/mol. The minimum absolute atomic E-state index is 0.170. The second-order valence-electron chi connectivity index (χ2n) is 5.92. The summed E-state index contributed by atoms with van der Waals surface area (Å²) < 4.78 is 69.8. The molecule has 2 aromatic rings. The summed E-state index contributed by atoms with van der Waals surface area (Å²) in [6, 6.07) is 4.84. The van der Waals surface area contributed by atoms with Gasteiger partial charge in [0.05, 0.1) is 10.6 Å². The van der Waals surface area contributed by atoms with Crippen LogP contribution < -0.4 is 4.74 Å². The molecule has 3 rings (SSSR count). The Bertz CT molecular complexity index is 882. The van der Waals surface area contributed by atoms with Crippen molar-refractivity contribution in [3.63, 3.8) is 0 Å². The van der Waals surface area contributed by atoms with E-state index in [0.717, 1.165) is 6.07 Å². The first kappa shape index (κ1) is 19.8. The zero-order chi connectivity index (χ0) is 19.7. The normalized spacial score (nSPS) is 17.0. The average molecular weight is 422 g/mol. The lowest BCUT2D eigenvalue weighted by atomic mass is 10.1. The number of hydrogen-bond donors (Lipinski definition) is 0. The number of piperidine rings is 1. The van der Waals surface area contributed by atoms with E-state index >= 15 is 0 Å². The van der Waals surface area contributed by atoms with Crippen molar-refractivity contribution in [3.8, 4) is 5.88 Å². The van der Waals surface area contributed by atoms with Crippen molar-refractivity contribution in [3.05, 3.63) is 47.2 Å². The van der Waals surface area contributed by atoms with E-state index in [2.05, 4.69) is 9.97 Å². The lowest BCUT2D eigenvalue weighted by Gasteiger charge is -2.30. The topological polar surface area (TPSA) is 72.4 Å². The summed E-state index contributed by atoms with van der Waals surface area (Å²) in [4.78, 5) is 7.51. The first-order chi connectivity index (χ1) is 12.7. The van der Waals surface area contributed by atoms with Crippen molar-refractivity contribution in [2.45, 2.75) is 30.1 Å². The van der Waals surface area contributed by atoms with Crippen molar-refractivity contribution in [1.29, 1.82) is 0 Å². The summed E-state index contributed by atoms with van der Waals surface area (Å²) in [6.45, 7) is 0.340. The molecule has 2 aromatic heterocycles. The molecule has 11 heteroatoms. The fourth-order valence-corrected chi connectivity index (χ4v) is 4.12. The maximum absolute atomic E-state index is 12.6. The minimum atomic E-state index is -4.57. The van der Waals surface area contributed by atoms with Crippen LogP contribution in [0.1, 0.15) is 18.4 Å². The third-order valence-electron chi connectivity index (χ3n) is 4.06. The van der Waals surface area contributed by atoms with E-state index in [-0.39, 0.29) is 19.2 Å². The van der Waals surface area contributed by atoms with Crippen molar-refractivity contribution in [1.82, 2.24) is 14.3 Å². The molecule has 0 saturated carbocycles. The van der Waals surface area contributed by atoms with Gasteiger partial charge in [-0.3, -0.25) is 0 Å². The first-order valence-corrected chi connectivity index (χ1v) is 9.80. The fraction of sp³-hybridized carbons (Fsp3) is 0.375. The molecule has 0 aliphatic carbocycles. The van der Waals surface area contributed by atoms with Crippen LogP contribution in [-0.2, 0) is 16.2 Å². The number of rotatable bonds is 4. The van der Waals surface area contributed by atoms with E-state index in [4.69, 9.17) is 16.3 Å². The van der Waals surface area contributed by atoms with Gasteiger partial charge in [-0.15, -0.1) is 0 Å². The molecule has 0 radical (unpaired) electrons. The largest absolute Gasteiger partial charge is 0.474 e. The van der Waals surface area contributed by atoms with Crippen molar-refractivity contribution in [2.75, 3.05) is 13.1 Å². The Morgan fingerprint density at radius 3 is 2.30 bits per heavy atom. The maximum atomic E-state index is 12.6. The molecule has 1 aliphatic rings. The van der Waals surface area contributed by atoms with Gasteiger partial charge in [0.15, 0.2) is 5.03 Å². The monoisotopic (exact) mass is 421 g/mol. The van der Waals surface area contributed by atoms with Crippen LogP contribution in [0.4, 0.5) is 13.2 Å². The summed E-state index contributed by atoms with van der Waals surface area (Å²) in [5.41, 5.74) is -0.996. The third kappa shape index (κ3) is 4.69. The summed E-state index contributed by atoms with van der Waals surface area (Å²) in [7, 11) is -3.96. The second-order valence-corrected chi connectivity index (χ2v) is 8.24. The van der Waals surface area contributed by atoms with Crippen molar-refractivity contribution < 1.29 is 26.3 Å². The van der Waals surface area contributed by atoms with Gasteiger partial charge in [-0.05, 0) is 31.0 Å². The van der Waals surface area contributed by atoms with Gasteiger partial charge >= 0.3 is 6.18 Å². The fourth-order valence-electron chi connectivity index (χ4n) is 2.63. The molecular weight excluding hydrogens is 407 g/mol. The minimum Gasteiger partial charge on any atom is -0.474 e. The molecule has 0 atom stereocenters. The number of alkyl halides is 3. The SMILES string of the molecule is O=S(=O)(c1ccc(C(F)(F)F)cn1)N1CCC(Oc2ccc(Cl)cn2)CC1. The number of sulfonamides is 1. The number of ether oxygens (including phenoxy) is 1. The molecule has 3 heterocycles. The van der Waals surface area contributed by atoms with Gasteiger partial charge in [0.25, 0.3) is 10.0 Å². The van der Waals surface area contributed by atoms with E-state index in [0.29, 0.717) is 36.0 Å². The van der Waals surface area contributed by atoms with Gasteiger partial charge < -0.3 is 4.74 Å². The summed E-state index contributed by atoms with van der Waals surface area (Å²) >= 11 is 5.76. The number of pyridine rings is 2. The molecule has 27 heavy (non-hydrogen) atoms. The van der Waals surface area contributed by atoms with E-state index in [9.17, 15) is 21.6 Å². The lowest BCUT2D eigenvalue weighted by molar-refractivity contribution is -0.137. The molecule has 1 fully saturated rings. The Balaban J connectivity index is 1.63. The molecule has 0 unspecified atom stereocenters. The Kier molecular flexibility index (Phi) is 5.59. The smallest absolute Gasteiger partial charge is 0.417 e. The number of halogens is 4. The zero-order valence-corrected chi connectivity index (χ0v) is 15.4. The van der Waals surface area contributed by atoms with Gasteiger partial charge in [0.1, 0.15) is 6.10 Å². The Morgan fingerprint density at radius 1 is 1.07 bits per heavy atom. The third-order valence-corrected chi connectivity index (χ3v) is 6.10. The van der Waals surface area contributed by atoms with E-state index in [1.54, 1.807) is 12.1 Å². The highest BCUT2D eigenvalue weighted by Crippen LogP contribution is 2.29. The molecule has 1 aliphatic heterocycles. The molecule has 1 saturated heterocycles. The van der Waals surface area contributed by atoms with Gasteiger partial charge in [0, 0.05) is 31.5 Å². The van der Waals surface area contributed by atoms with Crippen LogP contribution in [0, 0.1) is 0 Å². The van der Waals surface area contributed by atoms with E-state index in [1.165, 1.54) is 10.5 Å². The highest BCUT2D eigenvalue weighted by molar-refractivity contribution is 7.89. The van der Waals surface area contributed by atoms with Gasteiger partial charge in [0.2, 0.25) is 5.88 Å². The van der Waals surface area contributed by atoms with Crippen molar-refractivity contribution >= 4 is 21.6 Å². The Morgan fingerprint density at radius 2 is 1.78 bits per heavy atom. The molecule has 0 spiro atoms. The van der Waals surface area contributed by atoms with Crippen LogP contribution in [0.25, 0.3) is 0 Å². The highest BCUT2D eigenvalue weighted by atomic mass is 35.5. The number of hydrogen-bond acceptors (Lipinski definition) is 5. The molecule has 0 bridgehead atoms. The van der Waals surface area contributed by atoms with Crippen LogP contribution in [0.5, 0.6) is 5.88 Å². The molecule has 0 amide bonds. The van der Waals surface area contributed by atoms with E-state index in [1.807, 2.05) is 0 Å². The average Bonchev–Trinajstić information content (AvgIpc) is 2.63. The predicted octanol–water partition coefficient (Wildman–Crippen LogP) is 3.38. The quantitative estimate of drug-likeness (QED) is 0.756. The zero-order valence-electron chi connectivity index (χ0n) is 13.9. The van der Waals surface area contributed by atoms with Crippen LogP contribution in [-0.4, -0.2) is 41.9 Å². The lowest BCUT2D eigenvalue weighted by Crippen LogP contribution is -2.42. The van der Waals surface area contributed by atoms with E-state index < -0.39 is 26.8 Å². The number of nitrogens with zero attached hydrogens (tertiary/aromatic N) is 3. The van der Waals surface area contributed by atoms with Crippen LogP contribution in [0.3, 0.4) is 0 Å². The standard InChI is InChI=1S/C16H15ClF3N3O3S/c17-12-2-3-14(21-10-12)26-13-5-7-23(8-6-13)27(24,25)15-4-1-11(9-22-15)16(18,19)20/h1-4,9-10,13H,5-8H2. The Hall–Kier alpha value is -1.91. The highest BCUT2D eigenvalue weighted by Gasteiger charge is 2.34. The molecule has 6 nitrogen and oxygen atoms in total. The second kappa shape index (κ2) is 7.61. The summed E-state index contributed by atoms with van der Waals surface area (Å²) in [5, 5.41) is 0.0709. The maximum Gasteiger partial charge on any atom is 0.417 e.